The van der Waals surface area contributed by atoms with Gasteiger partial charge < -0.3 is 14.0 Å². The van der Waals surface area contributed by atoms with Crippen LogP contribution in [0.25, 0.3) is 17.1 Å². The van der Waals surface area contributed by atoms with E-state index in [-0.39, 0.29) is 0 Å². The number of hydrogen-bond donors (Lipinski definition) is 0. The molecule has 0 atom stereocenters. The Morgan fingerprint density at radius 1 is 1.07 bits per heavy atom. The van der Waals surface area contributed by atoms with Gasteiger partial charge in [0.1, 0.15) is 17.3 Å². The van der Waals surface area contributed by atoms with Crippen LogP contribution >= 0.6 is 11.8 Å². The van der Waals surface area contributed by atoms with Crippen LogP contribution in [-0.4, -0.2) is 38.6 Å². The van der Waals surface area contributed by atoms with E-state index in [9.17, 15) is 0 Å². The third-order valence-electron chi connectivity index (χ3n) is 4.34. The molecule has 0 amide bonds. The maximum Gasteiger partial charge on any atom is 0.237 e. The first kappa shape index (κ1) is 20.0. The molecule has 0 saturated heterocycles. The lowest BCUT2D eigenvalue weighted by Crippen LogP contribution is -2.00. The lowest BCUT2D eigenvalue weighted by Gasteiger charge is -2.09. The summed E-state index contributed by atoms with van der Waals surface area (Å²) in [7, 11) is 1.62. The number of rotatable bonds is 8. The number of nitrogens with zero attached hydrogens (tertiary/aromatic N) is 5. The zero-order valence-corrected chi connectivity index (χ0v) is 17.7. The molecular formula is C21H21N5O3S. The molecular weight excluding hydrogens is 402 g/mol. The number of aromatic nitrogens is 5. The van der Waals surface area contributed by atoms with Gasteiger partial charge in [0.05, 0.1) is 25.0 Å². The quantitative estimate of drug-likeness (QED) is 0.387. The van der Waals surface area contributed by atoms with Crippen molar-refractivity contribution in [2.75, 3.05) is 13.7 Å². The molecule has 0 aliphatic rings. The summed E-state index contributed by atoms with van der Waals surface area (Å²) in [6.07, 6.45) is 0. The Bertz CT molecular complexity index is 1120. The van der Waals surface area contributed by atoms with Crippen LogP contribution in [0.4, 0.5) is 0 Å². The fourth-order valence-electron chi connectivity index (χ4n) is 2.97. The van der Waals surface area contributed by atoms with E-state index in [1.807, 2.05) is 66.9 Å². The van der Waals surface area contributed by atoms with E-state index in [2.05, 4.69) is 20.3 Å². The molecule has 154 valence electrons. The summed E-state index contributed by atoms with van der Waals surface area (Å²) < 4.78 is 18.3. The maximum atomic E-state index is 5.52. The lowest BCUT2D eigenvalue weighted by molar-refractivity contribution is 0.340. The fraction of sp³-hybridized carbons (Fsp3) is 0.238. The molecule has 0 radical (unpaired) electrons. The average Bonchev–Trinajstić information content (AvgIpc) is 3.39. The standard InChI is InChI=1S/C21H21N5O3S/c1-4-28-16-11-9-15(10-12-16)26-14(2)23-24-21(26)30-13-19-22-20(25-29-19)17-7-5-6-8-18(17)27-3/h5-12H,4,13H2,1-3H3. The summed E-state index contributed by atoms with van der Waals surface area (Å²) >= 11 is 1.48. The van der Waals surface area contributed by atoms with Gasteiger partial charge in [0.2, 0.25) is 11.7 Å². The van der Waals surface area contributed by atoms with Crippen molar-refractivity contribution in [3.8, 4) is 28.6 Å². The average molecular weight is 423 g/mol. The minimum absolute atomic E-state index is 0.470. The van der Waals surface area contributed by atoms with Crippen molar-refractivity contribution in [1.82, 2.24) is 24.9 Å². The maximum absolute atomic E-state index is 5.52. The molecule has 8 nitrogen and oxygen atoms in total. The highest BCUT2D eigenvalue weighted by atomic mass is 32.2. The normalized spacial score (nSPS) is 10.9. The molecule has 0 aliphatic carbocycles. The van der Waals surface area contributed by atoms with Gasteiger partial charge in [-0.05, 0) is 50.2 Å². The minimum Gasteiger partial charge on any atom is -0.496 e. The number of ether oxygens (including phenoxy) is 2. The molecule has 30 heavy (non-hydrogen) atoms. The second kappa shape index (κ2) is 9.00. The summed E-state index contributed by atoms with van der Waals surface area (Å²) in [5.41, 5.74) is 1.75. The van der Waals surface area contributed by atoms with E-state index >= 15 is 0 Å². The molecule has 4 aromatic rings. The predicted molar refractivity (Wildman–Crippen MR) is 113 cm³/mol. The number of para-hydroxylation sites is 1. The number of benzene rings is 2. The summed E-state index contributed by atoms with van der Waals surface area (Å²) in [5, 5.41) is 13.3. The van der Waals surface area contributed by atoms with Gasteiger partial charge in [-0.25, -0.2) is 0 Å². The van der Waals surface area contributed by atoms with Crippen molar-refractivity contribution in [2.45, 2.75) is 24.8 Å². The molecule has 0 spiro atoms. The third kappa shape index (κ3) is 4.16. The van der Waals surface area contributed by atoms with E-state index in [1.165, 1.54) is 11.8 Å². The Hall–Kier alpha value is -3.33. The van der Waals surface area contributed by atoms with Crippen LogP contribution in [0.3, 0.4) is 0 Å². The topological polar surface area (TPSA) is 88.1 Å². The Labute approximate surface area is 178 Å². The van der Waals surface area contributed by atoms with Crippen molar-refractivity contribution in [2.24, 2.45) is 0 Å². The zero-order chi connectivity index (χ0) is 20.9. The van der Waals surface area contributed by atoms with Crippen LogP contribution in [0, 0.1) is 6.92 Å². The Morgan fingerprint density at radius 2 is 1.87 bits per heavy atom. The van der Waals surface area contributed by atoms with Crippen LogP contribution in [0.1, 0.15) is 18.6 Å². The predicted octanol–water partition coefficient (Wildman–Crippen LogP) is 4.33. The molecule has 0 bridgehead atoms. The Morgan fingerprint density at radius 3 is 2.63 bits per heavy atom. The first-order chi connectivity index (χ1) is 14.7. The van der Waals surface area contributed by atoms with Crippen molar-refractivity contribution < 1.29 is 14.0 Å². The van der Waals surface area contributed by atoms with Crippen LogP contribution in [0.15, 0.2) is 58.2 Å². The van der Waals surface area contributed by atoms with Gasteiger partial charge in [0.25, 0.3) is 0 Å². The molecule has 0 saturated carbocycles. The highest BCUT2D eigenvalue weighted by molar-refractivity contribution is 7.98. The number of aryl methyl sites for hydroxylation is 1. The Kier molecular flexibility index (Phi) is 5.99. The van der Waals surface area contributed by atoms with Gasteiger partial charge in [0.15, 0.2) is 5.16 Å². The zero-order valence-electron chi connectivity index (χ0n) is 16.9. The minimum atomic E-state index is 0.470. The highest BCUT2D eigenvalue weighted by Gasteiger charge is 2.16. The first-order valence-electron chi connectivity index (χ1n) is 9.43. The highest BCUT2D eigenvalue weighted by Crippen LogP contribution is 2.29. The lowest BCUT2D eigenvalue weighted by atomic mass is 10.2. The fourth-order valence-corrected chi connectivity index (χ4v) is 3.81. The first-order valence-corrected chi connectivity index (χ1v) is 10.4. The smallest absolute Gasteiger partial charge is 0.237 e. The second-order valence-corrected chi connectivity index (χ2v) is 7.24. The van der Waals surface area contributed by atoms with Gasteiger partial charge in [-0.1, -0.05) is 29.1 Å². The van der Waals surface area contributed by atoms with Crippen LogP contribution in [-0.2, 0) is 5.75 Å². The van der Waals surface area contributed by atoms with Gasteiger partial charge in [-0.2, -0.15) is 4.98 Å². The van der Waals surface area contributed by atoms with E-state index < -0.39 is 0 Å². The largest absolute Gasteiger partial charge is 0.496 e. The molecule has 2 heterocycles. The summed E-state index contributed by atoms with van der Waals surface area (Å²) in [4.78, 5) is 4.49. The molecule has 4 rings (SSSR count). The summed E-state index contributed by atoms with van der Waals surface area (Å²) in [6.45, 7) is 4.51. The van der Waals surface area contributed by atoms with E-state index in [0.717, 1.165) is 28.0 Å². The van der Waals surface area contributed by atoms with Gasteiger partial charge in [-0.3, -0.25) is 4.57 Å². The van der Waals surface area contributed by atoms with Gasteiger partial charge in [0, 0.05) is 5.69 Å². The molecule has 0 N–H and O–H groups in total. The molecule has 0 fully saturated rings. The van der Waals surface area contributed by atoms with Crippen molar-refractivity contribution in [1.29, 1.82) is 0 Å². The van der Waals surface area contributed by atoms with Crippen LogP contribution in [0.2, 0.25) is 0 Å². The summed E-state index contributed by atoms with van der Waals surface area (Å²) in [5.74, 6) is 3.78. The van der Waals surface area contributed by atoms with Gasteiger partial charge in [-0.15, -0.1) is 10.2 Å². The number of hydrogen-bond acceptors (Lipinski definition) is 8. The second-order valence-electron chi connectivity index (χ2n) is 6.29. The van der Waals surface area contributed by atoms with E-state index in [4.69, 9.17) is 14.0 Å². The van der Waals surface area contributed by atoms with Crippen molar-refractivity contribution in [3.63, 3.8) is 0 Å². The van der Waals surface area contributed by atoms with Crippen LogP contribution in [0.5, 0.6) is 11.5 Å². The molecule has 0 unspecified atom stereocenters. The third-order valence-corrected chi connectivity index (χ3v) is 5.26. The summed E-state index contributed by atoms with van der Waals surface area (Å²) in [6, 6.07) is 15.4. The molecule has 9 heteroatoms. The molecule has 2 aromatic heterocycles. The monoisotopic (exact) mass is 423 g/mol. The van der Waals surface area contributed by atoms with Gasteiger partial charge >= 0.3 is 0 Å². The number of thioether (sulfide) groups is 1. The molecule has 2 aromatic carbocycles. The Balaban J connectivity index is 1.51. The van der Waals surface area contributed by atoms with E-state index in [1.54, 1.807) is 7.11 Å². The molecule has 0 aliphatic heterocycles. The SMILES string of the molecule is CCOc1ccc(-n2c(C)nnc2SCc2nc(-c3ccccc3OC)no2)cc1. The van der Waals surface area contributed by atoms with Crippen molar-refractivity contribution >= 4 is 11.8 Å². The van der Waals surface area contributed by atoms with E-state index in [0.29, 0.717) is 29.8 Å². The van der Waals surface area contributed by atoms with Crippen molar-refractivity contribution in [3.05, 3.63) is 60.2 Å². The number of methoxy groups -OCH3 is 1. The van der Waals surface area contributed by atoms with Crippen LogP contribution < -0.4 is 9.47 Å².